The van der Waals surface area contributed by atoms with Gasteiger partial charge in [0.1, 0.15) is 0 Å². The molecule has 1 rings (SSSR count). The van der Waals surface area contributed by atoms with Crippen molar-refractivity contribution in [3.63, 3.8) is 0 Å². The van der Waals surface area contributed by atoms with E-state index in [0.29, 0.717) is 17.7 Å². The maximum Gasteiger partial charge on any atom is 0.338 e. The second-order valence-corrected chi connectivity index (χ2v) is 3.76. The summed E-state index contributed by atoms with van der Waals surface area (Å²) in [6, 6.07) is 6.68. The SMILES string of the molecule is CCCN(C)C(=O)c1ccccc1C(=O)OC. The number of rotatable bonds is 4. The van der Waals surface area contributed by atoms with Crippen LogP contribution >= 0.6 is 0 Å². The molecule has 17 heavy (non-hydrogen) atoms. The van der Waals surface area contributed by atoms with Gasteiger partial charge in [-0.1, -0.05) is 19.1 Å². The number of benzene rings is 1. The average Bonchev–Trinajstić information content (AvgIpc) is 2.37. The molecule has 1 amide bonds. The van der Waals surface area contributed by atoms with Crippen molar-refractivity contribution in [3.05, 3.63) is 35.4 Å². The van der Waals surface area contributed by atoms with E-state index >= 15 is 0 Å². The summed E-state index contributed by atoms with van der Waals surface area (Å²) >= 11 is 0. The lowest BCUT2D eigenvalue weighted by Crippen LogP contribution is -2.29. The fraction of sp³-hybridized carbons (Fsp3) is 0.385. The summed E-state index contributed by atoms with van der Waals surface area (Å²) in [6.45, 7) is 2.66. The Morgan fingerprint density at radius 2 is 1.82 bits per heavy atom. The van der Waals surface area contributed by atoms with Crippen LogP contribution in [0.5, 0.6) is 0 Å². The monoisotopic (exact) mass is 235 g/mol. The van der Waals surface area contributed by atoms with Crippen LogP contribution < -0.4 is 0 Å². The van der Waals surface area contributed by atoms with Crippen molar-refractivity contribution >= 4 is 11.9 Å². The Labute approximate surface area is 101 Å². The number of ether oxygens (including phenoxy) is 1. The van der Waals surface area contributed by atoms with Gasteiger partial charge in [0.05, 0.1) is 18.2 Å². The Morgan fingerprint density at radius 1 is 1.24 bits per heavy atom. The molecule has 92 valence electrons. The maximum atomic E-state index is 12.1. The van der Waals surface area contributed by atoms with Crippen LogP contribution in [0.1, 0.15) is 34.1 Å². The highest BCUT2D eigenvalue weighted by Crippen LogP contribution is 2.12. The number of methoxy groups -OCH3 is 1. The third-order valence-corrected chi connectivity index (χ3v) is 2.47. The Morgan fingerprint density at radius 3 is 2.35 bits per heavy atom. The summed E-state index contributed by atoms with van der Waals surface area (Å²) in [5, 5.41) is 0. The third-order valence-electron chi connectivity index (χ3n) is 2.47. The van der Waals surface area contributed by atoms with Crippen molar-refractivity contribution in [1.82, 2.24) is 4.90 Å². The van der Waals surface area contributed by atoms with Crippen LogP contribution in [0, 0.1) is 0 Å². The molecular formula is C13H17NO3. The molecule has 0 aromatic heterocycles. The number of carbonyl (C=O) groups is 2. The van der Waals surface area contributed by atoms with Crippen LogP contribution in [0.15, 0.2) is 24.3 Å². The number of amides is 1. The highest BCUT2D eigenvalue weighted by molar-refractivity contribution is 6.05. The summed E-state index contributed by atoms with van der Waals surface area (Å²) in [4.78, 5) is 25.2. The number of esters is 1. The molecule has 0 unspecified atom stereocenters. The quantitative estimate of drug-likeness (QED) is 0.749. The van der Waals surface area contributed by atoms with Crippen molar-refractivity contribution in [3.8, 4) is 0 Å². The largest absolute Gasteiger partial charge is 0.465 e. The summed E-state index contributed by atoms with van der Waals surface area (Å²) in [7, 11) is 3.03. The molecule has 0 spiro atoms. The molecule has 1 aromatic rings. The van der Waals surface area contributed by atoms with Crippen LogP contribution in [-0.4, -0.2) is 37.5 Å². The van der Waals surface area contributed by atoms with Crippen LogP contribution in [0.3, 0.4) is 0 Å². The van der Waals surface area contributed by atoms with Gasteiger partial charge in [-0.3, -0.25) is 4.79 Å². The van der Waals surface area contributed by atoms with Crippen molar-refractivity contribution in [2.45, 2.75) is 13.3 Å². The molecule has 0 radical (unpaired) electrons. The first-order valence-corrected chi connectivity index (χ1v) is 5.54. The minimum absolute atomic E-state index is 0.159. The van der Waals surface area contributed by atoms with E-state index in [2.05, 4.69) is 4.74 Å². The van der Waals surface area contributed by atoms with Crippen molar-refractivity contribution in [2.75, 3.05) is 20.7 Å². The van der Waals surface area contributed by atoms with E-state index in [1.165, 1.54) is 7.11 Å². The van der Waals surface area contributed by atoms with E-state index < -0.39 is 5.97 Å². The van der Waals surface area contributed by atoms with Gasteiger partial charge in [-0.2, -0.15) is 0 Å². The van der Waals surface area contributed by atoms with Crippen LogP contribution in [0.4, 0.5) is 0 Å². The van der Waals surface area contributed by atoms with E-state index in [9.17, 15) is 9.59 Å². The van der Waals surface area contributed by atoms with Gasteiger partial charge in [0, 0.05) is 13.6 Å². The molecular weight excluding hydrogens is 218 g/mol. The Kier molecular flexibility index (Phi) is 4.69. The van der Waals surface area contributed by atoms with E-state index in [-0.39, 0.29) is 5.91 Å². The lowest BCUT2D eigenvalue weighted by atomic mass is 10.1. The predicted molar refractivity (Wildman–Crippen MR) is 65.0 cm³/mol. The van der Waals surface area contributed by atoms with Gasteiger partial charge in [-0.05, 0) is 18.6 Å². The molecule has 0 aliphatic carbocycles. The van der Waals surface area contributed by atoms with Gasteiger partial charge < -0.3 is 9.64 Å². The molecule has 4 nitrogen and oxygen atoms in total. The molecule has 0 aliphatic heterocycles. The Bertz CT molecular complexity index is 415. The topological polar surface area (TPSA) is 46.6 Å². The second kappa shape index (κ2) is 6.03. The number of hydrogen-bond donors (Lipinski definition) is 0. The van der Waals surface area contributed by atoms with Crippen LogP contribution in [0.25, 0.3) is 0 Å². The van der Waals surface area contributed by atoms with Gasteiger partial charge in [0.25, 0.3) is 5.91 Å². The molecule has 0 saturated carbocycles. The molecule has 0 heterocycles. The Hall–Kier alpha value is -1.84. The van der Waals surface area contributed by atoms with E-state index in [1.54, 1.807) is 36.2 Å². The lowest BCUT2D eigenvalue weighted by molar-refractivity contribution is 0.0592. The molecule has 0 atom stereocenters. The van der Waals surface area contributed by atoms with Gasteiger partial charge in [-0.15, -0.1) is 0 Å². The smallest absolute Gasteiger partial charge is 0.338 e. The maximum absolute atomic E-state index is 12.1. The second-order valence-electron chi connectivity index (χ2n) is 3.76. The first kappa shape index (κ1) is 13.2. The van der Waals surface area contributed by atoms with Gasteiger partial charge in [0.2, 0.25) is 0 Å². The molecule has 0 aliphatic rings. The molecule has 0 bridgehead atoms. The normalized spacial score (nSPS) is 9.82. The van der Waals surface area contributed by atoms with Crippen molar-refractivity contribution in [2.24, 2.45) is 0 Å². The molecule has 0 fully saturated rings. The first-order chi connectivity index (χ1) is 8.11. The minimum Gasteiger partial charge on any atom is -0.465 e. The highest BCUT2D eigenvalue weighted by Gasteiger charge is 2.19. The van der Waals surface area contributed by atoms with Gasteiger partial charge >= 0.3 is 5.97 Å². The fourth-order valence-electron chi connectivity index (χ4n) is 1.60. The molecule has 0 saturated heterocycles. The minimum atomic E-state index is -0.487. The lowest BCUT2D eigenvalue weighted by Gasteiger charge is -2.17. The fourth-order valence-corrected chi connectivity index (χ4v) is 1.60. The number of nitrogens with zero attached hydrogens (tertiary/aromatic N) is 1. The van der Waals surface area contributed by atoms with Crippen molar-refractivity contribution < 1.29 is 14.3 Å². The first-order valence-electron chi connectivity index (χ1n) is 5.54. The predicted octanol–water partition coefficient (Wildman–Crippen LogP) is 1.96. The third kappa shape index (κ3) is 3.06. The summed E-state index contributed by atoms with van der Waals surface area (Å²) < 4.78 is 4.66. The zero-order valence-electron chi connectivity index (χ0n) is 10.4. The van der Waals surface area contributed by atoms with Gasteiger partial charge in [0.15, 0.2) is 0 Å². The summed E-state index contributed by atoms with van der Waals surface area (Å²) in [5.74, 6) is -0.647. The number of carbonyl (C=O) groups excluding carboxylic acids is 2. The molecule has 0 N–H and O–H groups in total. The standard InChI is InChI=1S/C13H17NO3/c1-4-9-14(2)12(15)10-7-5-6-8-11(10)13(16)17-3/h5-8H,4,9H2,1-3H3. The van der Waals surface area contributed by atoms with E-state index in [4.69, 9.17) is 0 Å². The summed E-state index contributed by atoms with van der Waals surface area (Å²) in [6.07, 6.45) is 0.878. The zero-order valence-corrected chi connectivity index (χ0v) is 10.4. The van der Waals surface area contributed by atoms with Crippen LogP contribution in [-0.2, 0) is 4.74 Å². The van der Waals surface area contributed by atoms with E-state index in [1.807, 2.05) is 6.92 Å². The molecule has 4 heteroatoms. The molecule has 1 aromatic carbocycles. The summed E-state index contributed by atoms with van der Waals surface area (Å²) in [5.41, 5.74) is 0.693. The van der Waals surface area contributed by atoms with Gasteiger partial charge in [-0.25, -0.2) is 4.79 Å². The van der Waals surface area contributed by atoms with E-state index in [0.717, 1.165) is 6.42 Å². The van der Waals surface area contributed by atoms with Crippen LogP contribution in [0.2, 0.25) is 0 Å². The Balaban J connectivity index is 3.05. The van der Waals surface area contributed by atoms with Crippen molar-refractivity contribution in [1.29, 1.82) is 0 Å². The number of hydrogen-bond acceptors (Lipinski definition) is 3. The zero-order chi connectivity index (χ0) is 12.8. The average molecular weight is 235 g/mol. The highest BCUT2D eigenvalue weighted by atomic mass is 16.5.